The highest BCUT2D eigenvalue weighted by Gasteiger charge is 2.33. The molecular formula is C18H20ClNO. The quantitative estimate of drug-likeness (QED) is 0.887. The lowest BCUT2D eigenvalue weighted by atomic mass is 9.71. The summed E-state index contributed by atoms with van der Waals surface area (Å²) in [6, 6.07) is 15.1. The van der Waals surface area contributed by atoms with Crippen molar-refractivity contribution in [1.82, 2.24) is 5.32 Å². The Morgan fingerprint density at radius 1 is 1.29 bits per heavy atom. The van der Waals surface area contributed by atoms with Crippen molar-refractivity contribution in [2.24, 2.45) is 0 Å². The van der Waals surface area contributed by atoms with E-state index in [1.165, 1.54) is 16.7 Å². The highest BCUT2D eigenvalue weighted by molar-refractivity contribution is 6.32. The predicted molar refractivity (Wildman–Crippen MR) is 87.3 cm³/mol. The molecule has 0 heterocycles. The maximum Gasteiger partial charge on any atom is 0.137 e. The Kier molecular flexibility index (Phi) is 4.18. The van der Waals surface area contributed by atoms with Gasteiger partial charge in [0.15, 0.2) is 0 Å². The molecule has 1 aliphatic carbocycles. The smallest absolute Gasteiger partial charge is 0.137 e. The van der Waals surface area contributed by atoms with Crippen molar-refractivity contribution >= 4 is 11.6 Å². The molecule has 0 amide bonds. The van der Waals surface area contributed by atoms with Gasteiger partial charge in [0.05, 0.1) is 12.1 Å². The Hall–Kier alpha value is -1.51. The van der Waals surface area contributed by atoms with Gasteiger partial charge in [0.2, 0.25) is 0 Å². The van der Waals surface area contributed by atoms with E-state index in [1.54, 1.807) is 7.11 Å². The van der Waals surface area contributed by atoms with Gasteiger partial charge in [0, 0.05) is 12.0 Å². The Morgan fingerprint density at radius 2 is 2.10 bits per heavy atom. The molecule has 0 saturated carbocycles. The highest BCUT2D eigenvalue weighted by Crippen LogP contribution is 2.44. The van der Waals surface area contributed by atoms with Crippen LogP contribution in [0.2, 0.25) is 5.02 Å². The molecule has 0 radical (unpaired) electrons. The van der Waals surface area contributed by atoms with Crippen LogP contribution >= 0.6 is 11.6 Å². The summed E-state index contributed by atoms with van der Waals surface area (Å²) in [5, 5.41) is 4.28. The van der Waals surface area contributed by atoms with E-state index in [9.17, 15) is 0 Å². The van der Waals surface area contributed by atoms with E-state index in [4.69, 9.17) is 16.3 Å². The molecule has 1 aliphatic rings. The van der Waals surface area contributed by atoms with Crippen LogP contribution in [0.1, 0.15) is 35.6 Å². The zero-order chi connectivity index (χ0) is 14.8. The van der Waals surface area contributed by atoms with E-state index in [0.29, 0.717) is 17.0 Å². The Morgan fingerprint density at radius 3 is 2.76 bits per heavy atom. The van der Waals surface area contributed by atoms with Crippen molar-refractivity contribution in [3.8, 4) is 5.75 Å². The third-order valence-electron chi connectivity index (χ3n) is 4.26. The summed E-state index contributed by atoms with van der Waals surface area (Å²) in [5.74, 6) is 1.25. The van der Waals surface area contributed by atoms with Crippen LogP contribution < -0.4 is 10.1 Å². The molecule has 0 spiro atoms. The van der Waals surface area contributed by atoms with Gasteiger partial charge in [-0.15, -0.1) is 0 Å². The normalized spacial score (nSPS) is 17.8. The van der Waals surface area contributed by atoms with Gasteiger partial charge in [-0.2, -0.15) is 0 Å². The fourth-order valence-corrected chi connectivity index (χ4v) is 3.45. The second-order valence-electron chi connectivity index (χ2n) is 5.44. The number of fused-ring (bicyclic) bond motifs is 1. The molecule has 0 aliphatic heterocycles. The first-order chi connectivity index (χ1) is 10.2. The van der Waals surface area contributed by atoms with Crippen LogP contribution in [0.3, 0.4) is 0 Å². The predicted octanol–water partition coefficient (Wildman–Crippen LogP) is 4.34. The standard InChI is InChI=1S/C18H20ClNO/c1-3-20-18(13-8-9-17(21-2)16(19)11-13)15-10-12-6-4-5-7-14(12)15/h4-9,11,15,18,20H,3,10H2,1-2H3. The van der Waals surface area contributed by atoms with Crippen LogP contribution in [0.25, 0.3) is 0 Å². The van der Waals surface area contributed by atoms with Crippen molar-refractivity contribution in [3.63, 3.8) is 0 Å². The molecule has 2 aromatic carbocycles. The van der Waals surface area contributed by atoms with Crippen molar-refractivity contribution in [3.05, 3.63) is 64.2 Å². The first-order valence-electron chi connectivity index (χ1n) is 7.39. The summed E-state index contributed by atoms with van der Waals surface area (Å²) in [6.07, 6.45) is 1.12. The minimum Gasteiger partial charge on any atom is -0.495 e. The van der Waals surface area contributed by atoms with Gasteiger partial charge in [-0.25, -0.2) is 0 Å². The maximum atomic E-state index is 6.29. The molecule has 110 valence electrons. The van der Waals surface area contributed by atoms with E-state index >= 15 is 0 Å². The number of methoxy groups -OCH3 is 1. The van der Waals surface area contributed by atoms with Crippen LogP contribution in [0.4, 0.5) is 0 Å². The van der Waals surface area contributed by atoms with Crippen LogP contribution in [-0.4, -0.2) is 13.7 Å². The molecule has 2 atom stereocenters. The van der Waals surface area contributed by atoms with Gasteiger partial charge in [0.1, 0.15) is 5.75 Å². The van der Waals surface area contributed by atoms with Gasteiger partial charge in [-0.1, -0.05) is 48.9 Å². The van der Waals surface area contributed by atoms with E-state index < -0.39 is 0 Å². The molecule has 0 saturated heterocycles. The summed E-state index contributed by atoms with van der Waals surface area (Å²) in [4.78, 5) is 0. The monoisotopic (exact) mass is 301 g/mol. The number of rotatable bonds is 5. The Labute approximate surface area is 131 Å². The summed E-state index contributed by atoms with van der Waals surface area (Å²) in [6.45, 7) is 3.08. The Balaban J connectivity index is 1.91. The number of halogens is 1. The third kappa shape index (κ3) is 2.66. The molecule has 3 heteroatoms. The average molecular weight is 302 g/mol. The fraction of sp³-hybridized carbons (Fsp3) is 0.333. The lowest BCUT2D eigenvalue weighted by Gasteiger charge is -2.37. The van der Waals surface area contributed by atoms with E-state index in [0.717, 1.165) is 18.7 Å². The molecule has 0 fully saturated rings. The van der Waals surface area contributed by atoms with Crippen LogP contribution in [0.15, 0.2) is 42.5 Å². The average Bonchev–Trinajstić information content (AvgIpc) is 2.47. The topological polar surface area (TPSA) is 21.3 Å². The van der Waals surface area contributed by atoms with Crippen molar-refractivity contribution in [2.75, 3.05) is 13.7 Å². The molecule has 0 bridgehead atoms. The van der Waals surface area contributed by atoms with Crippen molar-refractivity contribution < 1.29 is 4.74 Å². The second-order valence-corrected chi connectivity index (χ2v) is 5.85. The molecule has 0 aromatic heterocycles. The van der Waals surface area contributed by atoms with Crippen LogP contribution in [-0.2, 0) is 6.42 Å². The van der Waals surface area contributed by atoms with Gasteiger partial charge < -0.3 is 10.1 Å². The fourth-order valence-electron chi connectivity index (χ4n) is 3.18. The molecular weight excluding hydrogens is 282 g/mol. The third-order valence-corrected chi connectivity index (χ3v) is 4.55. The number of ether oxygens (including phenoxy) is 1. The zero-order valence-corrected chi connectivity index (χ0v) is 13.2. The number of hydrogen-bond acceptors (Lipinski definition) is 2. The minimum atomic E-state index is 0.299. The van der Waals surface area contributed by atoms with E-state index in [-0.39, 0.29) is 0 Å². The molecule has 2 unspecified atom stereocenters. The summed E-state index contributed by atoms with van der Waals surface area (Å²) >= 11 is 6.29. The van der Waals surface area contributed by atoms with Crippen LogP contribution in [0, 0.1) is 0 Å². The van der Waals surface area contributed by atoms with Crippen LogP contribution in [0.5, 0.6) is 5.75 Å². The summed E-state index contributed by atoms with van der Waals surface area (Å²) < 4.78 is 5.24. The Bertz CT molecular complexity index is 641. The first kappa shape index (κ1) is 14.4. The molecule has 2 nitrogen and oxygen atoms in total. The van der Waals surface area contributed by atoms with Gasteiger partial charge in [-0.3, -0.25) is 0 Å². The number of likely N-dealkylation sites (N-methyl/N-ethyl adjacent to an activating group) is 1. The molecule has 2 aromatic rings. The zero-order valence-electron chi connectivity index (χ0n) is 12.4. The molecule has 21 heavy (non-hydrogen) atoms. The van der Waals surface area contributed by atoms with Crippen molar-refractivity contribution in [2.45, 2.75) is 25.3 Å². The maximum absolute atomic E-state index is 6.29. The van der Waals surface area contributed by atoms with Gasteiger partial charge >= 0.3 is 0 Å². The van der Waals surface area contributed by atoms with Crippen molar-refractivity contribution in [1.29, 1.82) is 0 Å². The van der Waals surface area contributed by atoms with E-state index in [1.807, 2.05) is 12.1 Å². The molecule has 1 N–H and O–H groups in total. The highest BCUT2D eigenvalue weighted by atomic mass is 35.5. The number of hydrogen-bond donors (Lipinski definition) is 1. The van der Waals surface area contributed by atoms with Gasteiger partial charge in [-0.05, 0) is 41.8 Å². The number of benzene rings is 2. The number of nitrogens with one attached hydrogen (secondary N) is 1. The lowest BCUT2D eigenvalue weighted by Crippen LogP contribution is -2.33. The van der Waals surface area contributed by atoms with E-state index in [2.05, 4.69) is 42.6 Å². The lowest BCUT2D eigenvalue weighted by molar-refractivity contribution is 0.409. The molecule has 3 rings (SSSR count). The summed E-state index contributed by atoms with van der Waals surface area (Å²) in [5.41, 5.74) is 4.14. The SMILES string of the molecule is CCNC(c1ccc(OC)c(Cl)c1)C1Cc2ccccc21. The largest absolute Gasteiger partial charge is 0.495 e. The minimum absolute atomic E-state index is 0.299. The summed E-state index contributed by atoms with van der Waals surface area (Å²) in [7, 11) is 1.64. The second kappa shape index (κ2) is 6.08. The first-order valence-corrected chi connectivity index (χ1v) is 7.77. The van der Waals surface area contributed by atoms with Gasteiger partial charge in [0.25, 0.3) is 0 Å².